The quantitative estimate of drug-likeness (QED) is 0.774. The maximum atomic E-state index is 10.4. The van der Waals surface area contributed by atoms with Crippen LogP contribution in [-0.4, -0.2) is 16.2 Å². The van der Waals surface area contributed by atoms with Gasteiger partial charge in [0.25, 0.3) is 0 Å². The number of benzene rings is 2. The predicted molar refractivity (Wildman–Crippen MR) is 95.4 cm³/mol. The molecule has 0 spiro atoms. The number of fused-ring (bicyclic) bond motifs is 1. The molecule has 3 heteroatoms. The zero-order valence-corrected chi connectivity index (χ0v) is 13.4. The van der Waals surface area contributed by atoms with Crippen LogP contribution in [0.15, 0.2) is 73.1 Å². The van der Waals surface area contributed by atoms with Crippen LogP contribution in [0, 0.1) is 0 Å². The van der Waals surface area contributed by atoms with Gasteiger partial charge in [-0.2, -0.15) is 0 Å². The second kappa shape index (κ2) is 6.56. The highest BCUT2D eigenvalue weighted by Crippen LogP contribution is 2.31. The van der Waals surface area contributed by atoms with Gasteiger partial charge in [-0.15, -0.1) is 0 Å². The summed E-state index contributed by atoms with van der Waals surface area (Å²) in [6.45, 7) is 0.731. The Kier molecular flexibility index (Phi) is 4.11. The van der Waals surface area contributed by atoms with Gasteiger partial charge in [0.2, 0.25) is 0 Å². The molecule has 0 radical (unpaired) electrons. The van der Waals surface area contributed by atoms with E-state index in [0.29, 0.717) is 0 Å². The second-order valence-electron chi connectivity index (χ2n) is 6.27. The number of aliphatic hydroxyl groups excluding tert-OH is 1. The molecule has 2 aromatic carbocycles. The van der Waals surface area contributed by atoms with Gasteiger partial charge in [0.1, 0.15) is 0 Å². The summed E-state index contributed by atoms with van der Waals surface area (Å²) in [5.74, 6) is 0. The van der Waals surface area contributed by atoms with Crippen LogP contribution in [0.2, 0.25) is 0 Å². The Labute approximate surface area is 142 Å². The van der Waals surface area contributed by atoms with E-state index in [1.54, 1.807) is 0 Å². The minimum absolute atomic E-state index is 0.00535. The van der Waals surface area contributed by atoms with Gasteiger partial charge in [-0.3, -0.25) is 4.98 Å². The largest absolute Gasteiger partial charge is 0.391 e. The fourth-order valence-corrected chi connectivity index (χ4v) is 3.45. The Morgan fingerprint density at radius 1 is 0.958 bits per heavy atom. The van der Waals surface area contributed by atoms with Gasteiger partial charge >= 0.3 is 0 Å². The first-order chi connectivity index (χ1) is 11.8. The Morgan fingerprint density at radius 2 is 1.79 bits per heavy atom. The van der Waals surface area contributed by atoms with Crippen molar-refractivity contribution in [2.24, 2.45) is 0 Å². The third-order valence-corrected chi connectivity index (χ3v) is 4.67. The van der Waals surface area contributed by atoms with E-state index in [9.17, 15) is 5.11 Å². The Bertz CT molecular complexity index is 832. The van der Waals surface area contributed by atoms with Crippen molar-refractivity contribution in [1.82, 2.24) is 10.3 Å². The van der Waals surface area contributed by atoms with Gasteiger partial charge in [0.05, 0.1) is 12.1 Å². The average molecular weight is 316 g/mol. The minimum Gasteiger partial charge on any atom is -0.391 e. The van der Waals surface area contributed by atoms with Crippen LogP contribution in [0.5, 0.6) is 0 Å². The number of nitrogens with zero attached hydrogens (tertiary/aromatic N) is 1. The first-order valence-corrected chi connectivity index (χ1v) is 8.30. The molecule has 1 aliphatic rings. The van der Waals surface area contributed by atoms with Gasteiger partial charge in [0, 0.05) is 25.4 Å². The maximum absolute atomic E-state index is 10.4. The first kappa shape index (κ1) is 15.1. The normalized spacial score (nSPS) is 19.2. The van der Waals surface area contributed by atoms with Gasteiger partial charge < -0.3 is 10.4 Å². The lowest BCUT2D eigenvalue weighted by atomic mass is 10.0. The lowest BCUT2D eigenvalue weighted by Crippen LogP contribution is -2.28. The molecular formula is C21H20N2O. The highest BCUT2D eigenvalue weighted by atomic mass is 16.3. The van der Waals surface area contributed by atoms with E-state index in [1.807, 2.05) is 36.7 Å². The zero-order chi connectivity index (χ0) is 16.4. The molecular weight excluding hydrogens is 296 g/mol. The second-order valence-corrected chi connectivity index (χ2v) is 6.27. The van der Waals surface area contributed by atoms with Crippen LogP contribution in [0.1, 0.15) is 22.7 Å². The summed E-state index contributed by atoms with van der Waals surface area (Å²) in [6, 6.07) is 20.8. The zero-order valence-electron chi connectivity index (χ0n) is 13.4. The molecule has 2 unspecified atom stereocenters. The molecule has 0 saturated carbocycles. The number of hydrogen-bond acceptors (Lipinski definition) is 3. The molecule has 0 saturated heterocycles. The van der Waals surface area contributed by atoms with Crippen LogP contribution >= 0.6 is 0 Å². The van der Waals surface area contributed by atoms with E-state index in [2.05, 4.69) is 46.7 Å². The van der Waals surface area contributed by atoms with Crippen LogP contribution in [0.4, 0.5) is 0 Å². The summed E-state index contributed by atoms with van der Waals surface area (Å²) in [6.07, 6.45) is 3.99. The van der Waals surface area contributed by atoms with E-state index in [0.717, 1.165) is 18.5 Å². The van der Waals surface area contributed by atoms with Crippen LogP contribution in [0.3, 0.4) is 0 Å². The molecule has 0 bridgehead atoms. The minimum atomic E-state index is -0.356. The molecule has 24 heavy (non-hydrogen) atoms. The molecule has 120 valence electrons. The third kappa shape index (κ3) is 2.96. The highest BCUT2D eigenvalue weighted by Gasteiger charge is 2.29. The lowest BCUT2D eigenvalue weighted by Gasteiger charge is -2.18. The van der Waals surface area contributed by atoms with Crippen molar-refractivity contribution < 1.29 is 5.11 Å². The molecule has 0 fully saturated rings. The van der Waals surface area contributed by atoms with Crippen LogP contribution in [0.25, 0.3) is 11.1 Å². The Hall–Kier alpha value is -2.49. The van der Waals surface area contributed by atoms with Crippen molar-refractivity contribution in [3.8, 4) is 11.1 Å². The Balaban J connectivity index is 1.51. The van der Waals surface area contributed by atoms with Gasteiger partial charge in [0.15, 0.2) is 0 Å². The molecule has 4 rings (SSSR count). The topological polar surface area (TPSA) is 45.1 Å². The molecule has 1 aliphatic carbocycles. The fraction of sp³-hybridized carbons (Fsp3) is 0.190. The van der Waals surface area contributed by atoms with E-state index < -0.39 is 0 Å². The van der Waals surface area contributed by atoms with Gasteiger partial charge in [-0.05, 0) is 46.0 Å². The highest BCUT2D eigenvalue weighted by molar-refractivity contribution is 5.63. The first-order valence-electron chi connectivity index (χ1n) is 8.30. The summed E-state index contributed by atoms with van der Waals surface area (Å²) in [5.41, 5.74) is 6.02. The number of aromatic nitrogens is 1. The van der Waals surface area contributed by atoms with Crippen molar-refractivity contribution >= 4 is 0 Å². The number of nitrogens with one attached hydrogen (secondary N) is 1. The standard InChI is InChI=1S/C21H20N2O/c24-20-13-18-5-1-2-7-19(18)21(20)23-14-15-4-3-6-17(12-15)16-8-10-22-11-9-16/h1-12,20-21,23-24H,13-14H2. The lowest BCUT2D eigenvalue weighted by molar-refractivity contribution is 0.140. The van der Waals surface area contributed by atoms with Crippen molar-refractivity contribution in [2.45, 2.75) is 25.1 Å². The fourth-order valence-electron chi connectivity index (χ4n) is 3.45. The molecule has 2 atom stereocenters. The van der Waals surface area contributed by atoms with Crippen molar-refractivity contribution in [3.63, 3.8) is 0 Å². The molecule has 1 heterocycles. The summed E-state index contributed by atoms with van der Waals surface area (Å²) in [7, 11) is 0. The van der Waals surface area contributed by atoms with Crippen LogP contribution in [-0.2, 0) is 13.0 Å². The molecule has 2 N–H and O–H groups in total. The monoisotopic (exact) mass is 316 g/mol. The molecule has 0 aliphatic heterocycles. The molecule has 1 aromatic heterocycles. The average Bonchev–Trinajstić information content (AvgIpc) is 2.96. The van der Waals surface area contributed by atoms with Crippen molar-refractivity contribution in [1.29, 1.82) is 0 Å². The molecule has 0 amide bonds. The summed E-state index contributed by atoms with van der Waals surface area (Å²) < 4.78 is 0. The van der Waals surface area contributed by atoms with E-state index in [4.69, 9.17) is 0 Å². The SMILES string of the molecule is OC1Cc2ccccc2C1NCc1cccc(-c2ccncc2)c1. The molecule has 3 nitrogen and oxygen atoms in total. The number of rotatable bonds is 4. The van der Waals surface area contributed by atoms with Crippen molar-refractivity contribution in [3.05, 3.63) is 89.7 Å². The van der Waals surface area contributed by atoms with E-state index >= 15 is 0 Å². The van der Waals surface area contributed by atoms with Gasteiger partial charge in [-0.25, -0.2) is 0 Å². The predicted octanol–water partition coefficient (Wildman–Crippen LogP) is 3.50. The third-order valence-electron chi connectivity index (χ3n) is 4.67. The number of hydrogen-bond donors (Lipinski definition) is 2. The van der Waals surface area contributed by atoms with E-state index in [-0.39, 0.29) is 12.1 Å². The smallest absolute Gasteiger partial charge is 0.0775 e. The number of pyridine rings is 1. The van der Waals surface area contributed by atoms with Crippen molar-refractivity contribution in [2.75, 3.05) is 0 Å². The van der Waals surface area contributed by atoms with E-state index in [1.165, 1.54) is 22.3 Å². The maximum Gasteiger partial charge on any atom is 0.0775 e. The van der Waals surface area contributed by atoms with Crippen LogP contribution < -0.4 is 5.32 Å². The molecule has 3 aromatic rings. The Morgan fingerprint density at radius 3 is 2.67 bits per heavy atom. The summed E-state index contributed by atoms with van der Waals surface area (Å²) >= 11 is 0. The summed E-state index contributed by atoms with van der Waals surface area (Å²) in [4.78, 5) is 4.07. The van der Waals surface area contributed by atoms with Gasteiger partial charge in [-0.1, -0.05) is 42.5 Å². The summed E-state index contributed by atoms with van der Waals surface area (Å²) in [5, 5.41) is 13.9. The number of aliphatic hydroxyl groups is 1.